The smallest absolute Gasteiger partial charge is 0.142 e. The Morgan fingerprint density at radius 2 is 2.11 bits per heavy atom. The van der Waals surface area contributed by atoms with Crippen LogP contribution in [-0.2, 0) is 6.54 Å². The van der Waals surface area contributed by atoms with Gasteiger partial charge in [0.1, 0.15) is 5.82 Å². The van der Waals surface area contributed by atoms with E-state index in [0.29, 0.717) is 17.1 Å². The van der Waals surface area contributed by atoms with Gasteiger partial charge >= 0.3 is 0 Å². The molecule has 1 heterocycles. The van der Waals surface area contributed by atoms with Crippen LogP contribution in [0.4, 0.5) is 4.39 Å². The summed E-state index contributed by atoms with van der Waals surface area (Å²) < 4.78 is 13.5. The topological polar surface area (TPSA) is 24.9 Å². The summed E-state index contributed by atoms with van der Waals surface area (Å²) in [6, 6.07) is 2.72. The second-order valence-corrected chi connectivity index (χ2v) is 6.12. The van der Waals surface area contributed by atoms with Crippen molar-refractivity contribution in [2.45, 2.75) is 26.4 Å². The molecule has 0 aliphatic heterocycles. The number of aryl methyl sites for hydroxylation is 1. The molecular weight excluding hydrogens is 306 g/mol. The highest BCUT2D eigenvalue weighted by Crippen LogP contribution is 2.28. The largest absolute Gasteiger partial charge is 0.304 e. The molecule has 1 aromatic heterocycles. The SMILES string of the molecule is Cc1nc(CNC(C)c2cc(F)c(Cl)cc2Cl)cs1. The molecule has 1 aromatic carbocycles. The predicted molar refractivity (Wildman–Crippen MR) is 78.5 cm³/mol. The van der Waals surface area contributed by atoms with Crippen LogP contribution < -0.4 is 5.32 Å². The number of rotatable bonds is 4. The van der Waals surface area contributed by atoms with Crippen LogP contribution in [0.5, 0.6) is 0 Å². The number of aromatic nitrogens is 1. The second kappa shape index (κ2) is 6.18. The fourth-order valence-electron chi connectivity index (χ4n) is 1.73. The van der Waals surface area contributed by atoms with Crippen LogP contribution in [0.3, 0.4) is 0 Å². The van der Waals surface area contributed by atoms with Gasteiger partial charge in [-0.25, -0.2) is 9.37 Å². The molecule has 1 N–H and O–H groups in total. The average Bonchev–Trinajstić information content (AvgIpc) is 2.77. The van der Waals surface area contributed by atoms with Crippen molar-refractivity contribution in [1.29, 1.82) is 0 Å². The third-order valence-corrected chi connectivity index (χ3v) is 4.20. The van der Waals surface area contributed by atoms with Crippen molar-refractivity contribution in [3.05, 3.63) is 49.6 Å². The van der Waals surface area contributed by atoms with Gasteiger partial charge in [-0.3, -0.25) is 0 Å². The molecule has 0 spiro atoms. The summed E-state index contributed by atoms with van der Waals surface area (Å²) in [5, 5.41) is 6.79. The number of nitrogens with zero attached hydrogens (tertiary/aromatic N) is 1. The lowest BCUT2D eigenvalue weighted by Crippen LogP contribution is -2.18. The van der Waals surface area contributed by atoms with E-state index in [0.717, 1.165) is 10.7 Å². The Labute approximate surface area is 125 Å². The van der Waals surface area contributed by atoms with Gasteiger partial charge in [0.2, 0.25) is 0 Å². The van der Waals surface area contributed by atoms with Gasteiger partial charge in [0, 0.05) is 23.0 Å². The summed E-state index contributed by atoms with van der Waals surface area (Å²) in [4.78, 5) is 4.36. The molecule has 0 amide bonds. The Hall–Kier alpha value is -0.680. The molecule has 0 saturated heterocycles. The maximum absolute atomic E-state index is 13.5. The highest BCUT2D eigenvalue weighted by Gasteiger charge is 2.13. The first kappa shape index (κ1) is 14.7. The minimum Gasteiger partial charge on any atom is -0.304 e. The molecule has 0 bridgehead atoms. The predicted octanol–water partition coefficient (Wildman–Crippen LogP) is 4.75. The van der Waals surface area contributed by atoms with Gasteiger partial charge in [-0.15, -0.1) is 11.3 Å². The lowest BCUT2D eigenvalue weighted by molar-refractivity contribution is 0.560. The summed E-state index contributed by atoms with van der Waals surface area (Å²) in [5.74, 6) is -0.459. The molecule has 0 saturated carbocycles. The van der Waals surface area contributed by atoms with E-state index in [1.807, 2.05) is 19.2 Å². The highest BCUT2D eigenvalue weighted by molar-refractivity contribution is 7.09. The van der Waals surface area contributed by atoms with Crippen LogP contribution in [0.15, 0.2) is 17.5 Å². The summed E-state index contributed by atoms with van der Waals surface area (Å²) in [5.41, 5.74) is 1.66. The Morgan fingerprint density at radius 3 is 2.74 bits per heavy atom. The zero-order chi connectivity index (χ0) is 14.0. The van der Waals surface area contributed by atoms with Crippen molar-refractivity contribution in [3.8, 4) is 0 Å². The molecule has 0 fully saturated rings. The van der Waals surface area contributed by atoms with E-state index < -0.39 is 5.82 Å². The monoisotopic (exact) mass is 318 g/mol. The molecule has 102 valence electrons. The lowest BCUT2D eigenvalue weighted by Gasteiger charge is -2.15. The summed E-state index contributed by atoms with van der Waals surface area (Å²) >= 11 is 13.4. The number of hydrogen-bond acceptors (Lipinski definition) is 3. The van der Waals surface area contributed by atoms with E-state index in [4.69, 9.17) is 23.2 Å². The van der Waals surface area contributed by atoms with Crippen molar-refractivity contribution < 1.29 is 4.39 Å². The van der Waals surface area contributed by atoms with Gasteiger partial charge in [0.15, 0.2) is 0 Å². The number of hydrogen-bond donors (Lipinski definition) is 1. The van der Waals surface area contributed by atoms with E-state index in [2.05, 4.69) is 10.3 Å². The Balaban J connectivity index is 2.07. The molecule has 2 aromatic rings. The Kier molecular flexibility index (Phi) is 4.79. The van der Waals surface area contributed by atoms with Crippen LogP contribution in [0.1, 0.15) is 29.2 Å². The van der Waals surface area contributed by atoms with E-state index in [1.165, 1.54) is 12.1 Å². The summed E-state index contributed by atoms with van der Waals surface area (Å²) in [6.07, 6.45) is 0. The van der Waals surface area contributed by atoms with E-state index in [-0.39, 0.29) is 11.1 Å². The van der Waals surface area contributed by atoms with Crippen LogP contribution in [0.2, 0.25) is 10.0 Å². The molecule has 6 heteroatoms. The van der Waals surface area contributed by atoms with Crippen molar-refractivity contribution in [1.82, 2.24) is 10.3 Å². The van der Waals surface area contributed by atoms with Gasteiger partial charge in [0.25, 0.3) is 0 Å². The molecule has 0 aliphatic carbocycles. The van der Waals surface area contributed by atoms with E-state index in [1.54, 1.807) is 11.3 Å². The van der Waals surface area contributed by atoms with Gasteiger partial charge in [-0.1, -0.05) is 23.2 Å². The zero-order valence-corrected chi connectivity index (χ0v) is 12.8. The molecule has 2 nitrogen and oxygen atoms in total. The van der Waals surface area contributed by atoms with Crippen LogP contribution in [-0.4, -0.2) is 4.98 Å². The van der Waals surface area contributed by atoms with Crippen molar-refractivity contribution in [2.24, 2.45) is 0 Å². The average molecular weight is 319 g/mol. The zero-order valence-electron chi connectivity index (χ0n) is 10.5. The maximum atomic E-state index is 13.5. The molecule has 0 radical (unpaired) electrons. The minimum atomic E-state index is -0.459. The van der Waals surface area contributed by atoms with Crippen LogP contribution in [0, 0.1) is 12.7 Å². The molecular formula is C13H13Cl2FN2S. The summed E-state index contributed by atoms with van der Waals surface area (Å²) in [7, 11) is 0. The van der Waals surface area contributed by atoms with Crippen LogP contribution >= 0.6 is 34.5 Å². The fraction of sp³-hybridized carbons (Fsp3) is 0.308. The van der Waals surface area contributed by atoms with Crippen LogP contribution in [0.25, 0.3) is 0 Å². The number of thiazole rings is 1. The normalized spacial score (nSPS) is 12.7. The van der Waals surface area contributed by atoms with Gasteiger partial charge < -0.3 is 5.32 Å². The molecule has 1 atom stereocenters. The van der Waals surface area contributed by atoms with Crippen molar-refractivity contribution >= 4 is 34.5 Å². The maximum Gasteiger partial charge on any atom is 0.142 e. The fourth-order valence-corrected chi connectivity index (χ4v) is 2.89. The number of nitrogens with one attached hydrogen (secondary N) is 1. The van der Waals surface area contributed by atoms with Crippen molar-refractivity contribution in [3.63, 3.8) is 0 Å². The molecule has 19 heavy (non-hydrogen) atoms. The Bertz CT molecular complexity index is 586. The number of halogens is 3. The van der Waals surface area contributed by atoms with Gasteiger partial charge in [-0.05, 0) is 31.5 Å². The second-order valence-electron chi connectivity index (χ2n) is 4.25. The molecule has 2 rings (SSSR count). The molecule has 0 aliphatic rings. The lowest BCUT2D eigenvalue weighted by atomic mass is 10.1. The first-order valence-corrected chi connectivity index (χ1v) is 7.39. The first-order valence-electron chi connectivity index (χ1n) is 5.76. The highest BCUT2D eigenvalue weighted by atomic mass is 35.5. The van der Waals surface area contributed by atoms with Gasteiger partial charge in [-0.2, -0.15) is 0 Å². The quantitative estimate of drug-likeness (QED) is 0.823. The summed E-state index contributed by atoms with van der Waals surface area (Å²) in [6.45, 7) is 4.50. The first-order chi connectivity index (χ1) is 8.97. The van der Waals surface area contributed by atoms with E-state index >= 15 is 0 Å². The Morgan fingerprint density at radius 1 is 1.37 bits per heavy atom. The minimum absolute atomic E-state index is 0.0380. The van der Waals surface area contributed by atoms with Gasteiger partial charge in [0.05, 0.1) is 15.7 Å². The molecule has 1 unspecified atom stereocenters. The third kappa shape index (κ3) is 3.66. The number of benzene rings is 1. The third-order valence-electron chi connectivity index (χ3n) is 2.76. The van der Waals surface area contributed by atoms with Crippen molar-refractivity contribution in [2.75, 3.05) is 0 Å². The standard InChI is InChI=1S/C13H13Cl2FN2S/c1-7(17-5-9-6-19-8(2)18-9)10-3-13(16)12(15)4-11(10)14/h3-4,6-7,17H,5H2,1-2H3. The van der Waals surface area contributed by atoms with E-state index in [9.17, 15) is 4.39 Å².